The van der Waals surface area contributed by atoms with E-state index in [-0.39, 0.29) is 23.7 Å². The first-order valence-electron chi connectivity index (χ1n) is 13.8. The molecule has 0 atom stereocenters. The predicted molar refractivity (Wildman–Crippen MR) is 143 cm³/mol. The zero-order valence-electron chi connectivity index (χ0n) is 21.4. The van der Waals surface area contributed by atoms with E-state index in [2.05, 4.69) is 82.3 Å². The summed E-state index contributed by atoms with van der Waals surface area (Å²) in [7, 11) is -0.315. The lowest BCUT2D eigenvalue weighted by molar-refractivity contribution is -0.0399. The average molecular weight is 462 g/mol. The second-order valence-corrected chi connectivity index (χ2v) is 13.3. The first-order chi connectivity index (χ1) is 16.8. The fraction of sp³-hybridized carbons (Fsp3) is 0.500. The Morgan fingerprint density at radius 3 is 2.00 bits per heavy atom. The van der Waals surface area contributed by atoms with Crippen LogP contribution in [-0.4, -0.2) is 18.3 Å². The van der Waals surface area contributed by atoms with Gasteiger partial charge in [-0.15, -0.1) is 0 Å². The van der Waals surface area contributed by atoms with Gasteiger partial charge in [-0.25, -0.2) is 0 Å². The standard InChI is InChI=1S/C32H35BO2/c1-30(2)31(3,4)35-33(34-30)25-10-9-21-17-27-26-7-5-6-8-28(26)32(29(27)18-22(21)16-25)23-12-19-11-20(14-23)15-24(32)13-19/h5-10,16-20,23-24H,11-15H2,1-4H3. The maximum Gasteiger partial charge on any atom is 0.494 e. The van der Waals surface area contributed by atoms with Crippen molar-refractivity contribution in [2.24, 2.45) is 23.7 Å². The van der Waals surface area contributed by atoms with Gasteiger partial charge in [-0.3, -0.25) is 0 Å². The van der Waals surface area contributed by atoms with E-state index in [0.717, 1.165) is 29.1 Å². The Morgan fingerprint density at radius 1 is 0.657 bits per heavy atom. The summed E-state index contributed by atoms with van der Waals surface area (Å²) in [5, 5.41) is 2.65. The molecule has 2 nitrogen and oxygen atoms in total. The zero-order chi connectivity index (χ0) is 23.7. The van der Waals surface area contributed by atoms with Gasteiger partial charge in [-0.1, -0.05) is 42.5 Å². The lowest BCUT2D eigenvalue weighted by atomic mass is 9.43. The number of rotatable bonds is 1. The molecule has 178 valence electrons. The quantitative estimate of drug-likeness (QED) is 0.368. The van der Waals surface area contributed by atoms with E-state index < -0.39 is 0 Å². The molecule has 3 aromatic carbocycles. The highest BCUT2D eigenvalue weighted by molar-refractivity contribution is 6.62. The van der Waals surface area contributed by atoms with Crippen LogP contribution in [0.5, 0.6) is 0 Å². The summed E-state index contributed by atoms with van der Waals surface area (Å²) in [5.41, 5.74) is 6.93. The molecule has 35 heavy (non-hydrogen) atoms. The molecule has 1 spiro atoms. The third kappa shape index (κ3) is 2.59. The van der Waals surface area contributed by atoms with Crippen molar-refractivity contribution in [1.82, 2.24) is 0 Å². The summed E-state index contributed by atoms with van der Waals surface area (Å²) >= 11 is 0. The van der Waals surface area contributed by atoms with Crippen molar-refractivity contribution in [3.8, 4) is 11.1 Å². The summed E-state index contributed by atoms with van der Waals surface area (Å²) in [6.07, 6.45) is 7.19. The van der Waals surface area contributed by atoms with Gasteiger partial charge in [0.1, 0.15) is 0 Å². The fourth-order valence-electron chi connectivity index (χ4n) is 9.04. The van der Waals surface area contributed by atoms with Crippen LogP contribution in [0.2, 0.25) is 0 Å². The molecule has 5 fully saturated rings. The molecule has 0 amide bonds. The molecule has 4 saturated carbocycles. The Morgan fingerprint density at radius 2 is 1.31 bits per heavy atom. The molecule has 1 heterocycles. The topological polar surface area (TPSA) is 18.5 Å². The Kier molecular flexibility index (Phi) is 3.97. The third-order valence-electron chi connectivity index (χ3n) is 11.1. The van der Waals surface area contributed by atoms with Gasteiger partial charge in [-0.05, 0) is 134 Å². The van der Waals surface area contributed by atoms with Crippen molar-refractivity contribution in [2.75, 3.05) is 0 Å². The van der Waals surface area contributed by atoms with Gasteiger partial charge in [0.05, 0.1) is 11.2 Å². The Balaban J connectivity index is 1.31. The first kappa shape index (κ1) is 21.0. The minimum absolute atomic E-state index is 0.216. The summed E-state index contributed by atoms with van der Waals surface area (Å²) in [4.78, 5) is 0. The van der Waals surface area contributed by atoms with E-state index in [1.54, 1.807) is 11.1 Å². The van der Waals surface area contributed by atoms with Crippen molar-refractivity contribution in [3.05, 3.63) is 65.7 Å². The molecule has 5 aliphatic carbocycles. The SMILES string of the molecule is CC1(C)OB(c2ccc3cc4c(cc3c2)C2(c3ccccc3-4)C3CC4CC(C3)CC2C4)OC1(C)C. The van der Waals surface area contributed by atoms with Crippen LogP contribution in [0.25, 0.3) is 21.9 Å². The van der Waals surface area contributed by atoms with Crippen LogP contribution < -0.4 is 5.46 Å². The molecule has 3 heteroatoms. The Bertz CT molecular complexity index is 1340. The molecule has 1 saturated heterocycles. The molecule has 0 radical (unpaired) electrons. The zero-order valence-corrected chi connectivity index (χ0v) is 21.4. The van der Waals surface area contributed by atoms with Crippen LogP contribution in [0.15, 0.2) is 54.6 Å². The van der Waals surface area contributed by atoms with Gasteiger partial charge in [0.2, 0.25) is 0 Å². The number of fused-ring (bicyclic) bond motifs is 4. The van der Waals surface area contributed by atoms with Crippen LogP contribution in [0.1, 0.15) is 70.9 Å². The van der Waals surface area contributed by atoms with Crippen molar-refractivity contribution >= 4 is 23.4 Å². The largest absolute Gasteiger partial charge is 0.494 e. The van der Waals surface area contributed by atoms with E-state index in [1.165, 1.54) is 54.0 Å². The molecule has 4 bridgehead atoms. The Hall–Kier alpha value is -2.10. The molecule has 6 aliphatic rings. The van der Waals surface area contributed by atoms with Gasteiger partial charge in [0.25, 0.3) is 0 Å². The minimum Gasteiger partial charge on any atom is -0.399 e. The second-order valence-electron chi connectivity index (χ2n) is 13.3. The van der Waals surface area contributed by atoms with Gasteiger partial charge in [0.15, 0.2) is 0 Å². The third-order valence-corrected chi connectivity index (χ3v) is 11.1. The highest BCUT2D eigenvalue weighted by Crippen LogP contribution is 2.69. The number of hydrogen-bond acceptors (Lipinski definition) is 2. The molecule has 9 rings (SSSR count). The molecule has 0 N–H and O–H groups in total. The summed E-state index contributed by atoms with van der Waals surface area (Å²) in [5.74, 6) is 3.53. The minimum atomic E-state index is -0.323. The van der Waals surface area contributed by atoms with Crippen LogP contribution >= 0.6 is 0 Å². The van der Waals surface area contributed by atoms with Crippen molar-refractivity contribution in [2.45, 2.75) is 76.4 Å². The predicted octanol–water partition coefficient (Wildman–Crippen LogP) is 6.86. The monoisotopic (exact) mass is 462 g/mol. The van der Waals surface area contributed by atoms with Gasteiger partial charge in [0, 0.05) is 5.41 Å². The summed E-state index contributed by atoms with van der Waals surface area (Å²) in [6.45, 7) is 8.53. The average Bonchev–Trinajstić information content (AvgIpc) is 3.22. The lowest BCUT2D eigenvalue weighted by Crippen LogP contribution is -2.55. The molecule has 1 aliphatic heterocycles. The van der Waals surface area contributed by atoms with Crippen molar-refractivity contribution < 1.29 is 9.31 Å². The molecule has 0 unspecified atom stereocenters. The lowest BCUT2D eigenvalue weighted by Gasteiger charge is -2.61. The van der Waals surface area contributed by atoms with Crippen LogP contribution in [0.4, 0.5) is 0 Å². The van der Waals surface area contributed by atoms with Crippen LogP contribution in [0, 0.1) is 23.7 Å². The molecule has 0 aromatic heterocycles. The summed E-state index contributed by atoms with van der Waals surface area (Å²) < 4.78 is 12.8. The van der Waals surface area contributed by atoms with E-state index in [9.17, 15) is 0 Å². The molecular weight excluding hydrogens is 427 g/mol. The first-order valence-corrected chi connectivity index (χ1v) is 13.8. The summed E-state index contributed by atoms with van der Waals surface area (Å²) in [6, 6.07) is 21.3. The van der Waals surface area contributed by atoms with Crippen LogP contribution in [0.3, 0.4) is 0 Å². The molecule has 3 aromatic rings. The van der Waals surface area contributed by atoms with Crippen molar-refractivity contribution in [1.29, 1.82) is 0 Å². The van der Waals surface area contributed by atoms with Crippen LogP contribution in [-0.2, 0) is 14.7 Å². The van der Waals surface area contributed by atoms with E-state index >= 15 is 0 Å². The van der Waals surface area contributed by atoms with E-state index in [4.69, 9.17) is 9.31 Å². The van der Waals surface area contributed by atoms with Crippen molar-refractivity contribution in [3.63, 3.8) is 0 Å². The van der Waals surface area contributed by atoms with Gasteiger partial charge in [-0.2, -0.15) is 0 Å². The maximum atomic E-state index is 6.41. The normalized spacial score (nSPS) is 35.1. The highest BCUT2D eigenvalue weighted by atomic mass is 16.7. The van der Waals surface area contributed by atoms with Gasteiger partial charge < -0.3 is 9.31 Å². The fourth-order valence-corrected chi connectivity index (χ4v) is 9.04. The number of benzene rings is 3. The number of hydrogen-bond donors (Lipinski definition) is 0. The van der Waals surface area contributed by atoms with E-state index in [0.29, 0.717) is 0 Å². The smallest absolute Gasteiger partial charge is 0.399 e. The maximum absolute atomic E-state index is 6.41. The molecular formula is C32H35BO2. The highest BCUT2D eigenvalue weighted by Gasteiger charge is 2.61. The van der Waals surface area contributed by atoms with E-state index in [1.807, 2.05) is 0 Å². The van der Waals surface area contributed by atoms with Gasteiger partial charge >= 0.3 is 7.12 Å². The Labute approximate surface area is 209 Å². The second kappa shape index (κ2) is 6.61.